The highest BCUT2D eigenvalue weighted by atomic mass is 79.9. The molecule has 0 aromatic heterocycles. The molecular weight excluding hydrogens is 329 g/mol. The van der Waals surface area contributed by atoms with Gasteiger partial charge in [0.15, 0.2) is 0 Å². The van der Waals surface area contributed by atoms with Crippen LogP contribution in [0.3, 0.4) is 0 Å². The van der Waals surface area contributed by atoms with Gasteiger partial charge in [-0.3, -0.25) is 0 Å². The minimum absolute atomic E-state index is 0.0111. The van der Waals surface area contributed by atoms with E-state index in [1.54, 1.807) is 6.07 Å². The van der Waals surface area contributed by atoms with Crippen molar-refractivity contribution in [1.82, 2.24) is 5.32 Å². The molecule has 1 nitrogen and oxygen atoms in total. The molecule has 110 valence electrons. The average Bonchev–Trinajstić information content (AvgIpc) is 2.37. The zero-order chi connectivity index (χ0) is 14.8. The van der Waals surface area contributed by atoms with Crippen LogP contribution in [0.1, 0.15) is 47.9 Å². The summed E-state index contributed by atoms with van der Waals surface area (Å²) >= 11 is 3.37. The first-order valence-electron chi connectivity index (χ1n) is 7.40. The largest absolute Gasteiger partial charge is 0.309 e. The molecule has 0 bridgehead atoms. The monoisotopic (exact) mass is 347 g/mol. The van der Waals surface area contributed by atoms with E-state index in [1.807, 2.05) is 13.1 Å². The fraction of sp³-hybridized carbons (Fsp3) is 0.333. The van der Waals surface area contributed by atoms with Crippen LogP contribution < -0.4 is 5.32 Å². The van der Waals surface area contributed by atoms with E-state index in [4.69, 9.17) is 0 Å². The second kappa shape index (κ2) is 6.29. The third kappa shape index (κ3) is 3.19. The predicted octanol–water partition coefficient (Wildman–Crippen LogP) is 5.16. The Balaban J connectivity index is 1.95. The lowest BCUT2D eigenvalue weighted by atomic mass is 9.79. The second-order valence-corrected chi connectivity index (χ2v) is 6.64. The fourth-order valence-corrected chi connectivity index (χ4v) is 3.48. The third-order valence-electron chi connectivity index (χ3n) is 4.33. The van der Waals surface area contributed by atoms with E-state index in [2.05, 4.69) is 45.5 Å². The number of hydrogen-bond acceptors (Lipinski definition) is 1. The van der Waals surface area contributed by atoms with Crippen LogP contribution in [0.25, 0.3) is 0 Å². The predicted molar refractivity (Wildman–Crippen MR) is 88.0 cm³/mol. The summed E-state index contributed by atoms with van der Waals surface area (Å²) in [5, 5.41) is 3.30. The van der Waals surface area contributed by atoms with Crippen LogP contribution in [0.5, 0.6) is 0 Å². The standard InChI is InChI=1S/C18H19BrFN/c1-21-18(15-9-16(19)11-17(20)10-15)14-7-3-6-13(8-14)12-4-2-5-12/h3,6-12,18,21H,2,4-5H2,1H3. The van der Waals surface area contributed by atoms with Crippen LogP contribution in [0, 0.1) is 5.82 Å². The first-order chi connectivity index (χ1) is 10.2. The molecule has 1 N–H and O–H groups in total. The molecule has 0 saturated heterocycles. The van der Waals surface area contributed by atoms with Gasteiger partial charge >= 0.3 is 0 Å². The number of benzene rings is 2. The molecule has 1 atom stereocenters. The van der Waals surface area contributed by atoms with Crippen LogP contribution in [0.2, 0.25) is 0 Å². The number of hydrogen-bond donors (Lipinski definition) is 1. The Morgan fingerprint density at radius 2 is 1.95 bits per heavy atom. The van der Waals surface area contributed by atoms with Gasteiger partial charge in [0.25, 0.3) is 0 Å². The second-order valence-electron chi connectivity index (χ2n) is 5.72. The Morgan fingerprint density at radius 1 is 1.14 bits per heavy atom. The van der Waals surface area contributed by atoms with E-state index in [0.717, 1.165) is 10.0 Å². The van der Waals surface area contributed by atoms with E-state index in [-0.39, 0.29) is 11.9 Å². The summed E-state index contributed by atoms with van der Waals surface area (Å²) in [5.41, 5.74) is 3.55. The van der Waals surface area contributed by atoms with Gasteiger partial charge in [-0.1, -0.05) is 46.6 Å². The number of nitrogens with one attached hydrogen (secondary N) is 1. The fourth-order valence-electron chi connectivity index (χ4n) is 3.00. The Bertz CT molecular complexity index is 617. The maximum absolute atomic E-state index is 13.7. The van der Waals surface area contributed by atoms with Gasteiger partial charge in [0, 0.05) is 4.47 Å². The van der Waals surface area contributed by atoms with Crippen LogP contribution in [-0.2, 0) is 0 Å². The van der Waals surface area contributed by atoms with Crippen LogP contribution in [0.15, 0.2) is 46.9 Å². The first kappa shape index (κ1) is 14.7. The minimum Gasteiger partial charge on any atom is -0.309 e. The third-order valence-corrected chi connectivity index (χ3v) is 4.79. The topological polar surface area (TPSA) is 12.0 Å². The maximum Gasteiger partial charge on any atom is 0.124 e. The van der Waals surface area contributed by atoms with Crippen molar-refractivity contribution in [3.63, 3.8) is 0 Å². The normalized spacial score (nSPS) is 16.5. The lowest BCUT2D eigenvalue weighted by Crippen LogP contribution is -2.18. The van der Waals surface area contributed by atoms with Gasteiger partial charge in [-0.15, -0.1) is 0 Å². The van der Waals surface area contributed by atoms with Gasteiger partial charge in [0.1, 0.15) is 5.82 Å². The van der Waals surface area contributed by atoms with Crippen molar-refractivity contribution < 1.29 is 4.39 Å². The highest BCUT2D eigenvalue weighted by Gasteiger charge is 2.21. The molecule has 1 aliphatic carbocycles. The Labute approximate surface area is 133 Å². The van der Waals surface area contributed by atoms with E-state index < -0.39 is 0 Å². The Kier molecular flexibility index (Phi) is 4.41. The van der Waals surface area contributed by atoms with E-state index >= 15 is 0 Å². The summed E-state index contributed by atoms with van der Waals surface area (Å²) in [4.78, 5) is 0. The van der Waals surface area contributed by atoms with Crippen molar-refractivity contribution in [3.05, 3.63) is 69.4 Å². The van der Waals surface area contributed by atoms with Crippen molar-refractivity contribution in [2.45, 2.75) is 31.2 Å². The molecule has 21 heavy (non-hydrogen) atoms. The molecule has 3 heteroatoms. The van der Waals surface area contributed by atoms with Gasteiger partial charge < -0.3 is 5.32 Å². The van der Waals surface area contributed by atoms with Gasteiger partial charge in [0.2, 0.25) is 0 Å². The van der Waals surface area contributed by atoms with E-state index in [1.165, 1.54) is 36.5 Å². The van der Waals surface area contributed by atoms with Crippen molar-refractivity contribution in [3.8, 4) is 0 Å². The molecule has 2 aromatic carbocycles. The van der Waals surface area contributed by atoms with Gasteiger partial charge in [0.05, 0.1) is 6.04 Å². The average molecular weight is 348 g/mol. The molecule has 3 rings (SSSR count). The number of halogens is 2. The molecule has 1 saturated carbocycles. The molecule has 0 radical (unpaired) electrons. The lowest BCUT2D eigenvalue weighted by Gasteiger charge is -2.27. The van der Waals surface area contributed by atoms with Crippen molar-refractivity contribution in [2.75, 3.05) is 7.05 Å². The van der Waals surface area contributed by atoms with Crippen LogP contribution >= 0.6 is 15.9 Å². The first-order valence-corrected chi connectivity index (χ1v) is 8.20. The smallest absolute Gasteiger partial charge is 0.124 e. The van der Waals surface area contributed by atoms with Gasteiger partial charge in [-0.2, -0.15) is 0 Å². The molecule has 1 fully saturated rings. The maximum atomic E-state index is 13.7. The van der Waals surface area contributed by atoms with Crippen LogP contribution in [0.4, 0.5) is 4.39 Å². The molecule has 0 amide bonds. The molecule has 2 aromatic rings. The summed E-state index contributed by atoms with van der Waals surface area (Å²) in [5.74, 6) is 0.497. The summed E-state index contributed by atoms with van der Waals surface area (Å²) < 4.78 is 14.4. The molecule has 0 heterocycles. The van der Waals surface area contributed by atoms with E-state index in [9.17, 15) is 4.39 Å². The molecule has 0 aliphatic heterocycles. The van der Waals surface area contributed by atoms with Gasteiger partial charge in [-0.25, -0.2) is 4.39 Å². The Hall–Kier alpha value is -1.19. The van der Waals surface area contributed by atoms with E-state index in [0.29, 0.717) is 5.92 Å². The zero-order valence-electron chi connectivity index (χ0n) is 12.1. The zero-order valence-corrected chi connectivity index (χ0v) is 13.7. The summed E-state index contributed by atoms with van der Waals surface area (Å²) in [6.45, 7) is 0. The lowest BCUT2D eigenvalue weighted by molar-refractivity contribution is 0.419. The Morgan fingerprint density at radius 3 is 2.57 bits per heavy atom. The van der Waals surface area contributed by atoms with Crippen molar-refractivity contribution in [1.29, 1.82) is 0 Å². The van der Waals surface area contributed by atoms with Crippen molar-refractivity contribution >= 4 is 15.9 Å². The van der Waals surface area contributed by atoms with Crippen LogP contribution in [-0.4, -0.2) is 7.05 Å². The minimum atomic E-state index is -0.213. The molecule has 1 unspecified atom stereocenters. The quantitative estimate of drug-likeness (QED) is 0.804. The highest BCUT2D eigenvalue weighted by molar-refractivity contribution is 9.10. The number of rotatable bonds is 4. The molecular formula is C18H19BrFN. The van der Waals surface area contributed by atoms with Crippen molar-refractivity contribution in [2.24, 2.45) is 0 Å². The highest BCUT2D eigenvalue weighted by Crippen LogP contribution is 2.37. The summed E-state index contributed by atoms with van der Waals surface area (Å²) in [6.07, 6.45) is 3.92. The SMILES string of the molecule is CNC(c1cc(F)cc(Br)c1)c1cccc(C2CCC2)c1. The molecule has 0 spiro atoms. The summed E-state index contributed by atoms with van der Waals surface area (Å²) in [6, 6.07) is 13.8. The van der Waals surface area contributed by atoms with Gasteiger partial charge in [-0.05, 0) is 60.7 Å². The molecule has 1 aliphatic rings. The summed E-state index contributed by atoms with van der Waals surface area (Å²) in [7, 11) is 1.92.